The molecule has 2 aromatic carbocycles. The summed E-state index contributed by atoms with van der Waals surface area (Å²) in [6, 6.07) is 13.3. The normalized spacial score (nSPS) is 11.1. The van der Waals surface area contributed by atoms with E-state index < -0.39 is 17.7 Å². The Morgan fingerprint density at radius 3 is 2.38 bits per heavy atom. The quantitative estimate of drug-likeness (QED) is 0.546. The number of thiophene rings is 1. The lowest BCUT2D eigenvalue weighted by molar-refractivity contribution is 0.0634. The highest BCUT2D eigenvalue weighted by Crippen LogP contribution is 2.28. The summed E-state index contributed by atoms with van der Waals surface area (Å²) in [4.78, 5) is 35.8. The summed E-state index contributed by atoms with van der Waals surface area (Å²) in [5, 5.41) is 15.2. The van der Waals surface area contributed by atoms with Gasteiger partial charge in [-0.05, 0) is 68.6 Å². The molecule has 29 heavy (non-hydrogen) atoms. The second-order valence-corrected chi connectivity index (χ2v) is 8.41. The van der Waals surface area contributed by atoms with Gasteiger partial charge in [0.15, 0.2) is 0 Å². The first-order valence-electron chi connectivity index (χ1n) is 8.79. The fraction of sp³-hybridized carbons (Fsp3) is 0.190. The second kappa shape index (κ2) is 7.92. The third-order valence-electron chi connectivity index (χ3n) is 3.75. The summed E-state index contributed by atoms with van der Waals surface area (Å²) in [5.74, 6) is -1.34. The Morgan fingerprint density at radius 2 is 1.69 bits per heavy atom. The Bertz CT molecular complexity index is 1100. The van der Waals surface area contributed by atoms with Crippen molar-refractivity contribution in [1.29, 1.82) is 0 Å². The third kappa shape index (κ3) is 5.32. The molecular formula is C21H20N2O5S. The van der Waals surface area contributed by atoms with Crippen molar-refractivity contribution in [3.63, 3.8) is 0 Å². The molecule has 1 heterocycles. The predicted molar refractivity (Wildman–Crippen MR) is 113 cm³/mol. The largest absolute Gasteiger partial charge is 0.477 e. The van der Waals surface area contributed by atoms with Crippen molar-refractivity contribution in [3.05, 3.63) is 59.0 Å². The van der Waals surface area contributed by atoms with Gasteiger partial charge in [-0.15, -0.1) is 11.3 Å². The number of carbonyl (C=O) groups excluding carboxylic acids is 2. The highest BCUT2D eigenvalue weighted by atomic mass is 32.1. The molecule has 3 rings (SSSR count). The van der Waals surface area contributed by atoms with Gasteiger partial charge in [-0.1, -0.05) is 6.07 Å². The molecule has 7 nitrogen and oxygen atoms in total. The zero-order chi connectivity index (χ0) is 21.2. The first kappa shape index (κ1) is 20.3. The van der Waals surface area contributed by atoms with Gasteiger partial charge < -0.3 is 15.2 Å². The van der Waals surface area contributed by atoms with Crippen molar-refractivity contribution in [1.82, 2.24) is 0 Å². The third-order valence-corrected chi connectivity index (χ3v) is 4.86. The van der Waals surface area contributed by atoms with Gasteiger partial charge in [0.2, 0.25) is 0 Å². The van der Waals surface area contributed by atoms with Crippen LogP contribution in [0.3, 0.4) is 0 Å². The van der Waals surface area contributed by atoms with Gasteiger partial charge in [0.25, 0.3) is 5.91 Å². The SMILES string of the molecule is CC(C)(C)OC(=O)Nc1cccc(C(=O)Nc2ccc3sc(C(=O)O)cc3c2)c1. The molecule has 2 amide bonds. The van der Waals surface area contributed by atoms with Crippen molar-refractivity contribution in [2.24, 2.45) is 0 Å². The van der Waals surface area contributed by atoms with Crippen molar-refractivity contribution in [3.8, 4) is 0 Å². The second-order valence-electron chi connectivity index (χ2n) is 7.33. The average molecular weight is 412 g/mol. The van der Waals surface area contributed by atoms with E-state index in [0.717, 1.165) is 10.1 Å². The molecule has 1 aromatic heterocycles. The Kier molecular flexibility index (Phi) is 5.56. The van der Waals surface area contributed by atoms with E-state index in [9.17, 15) is 14.4 Å². The molecule has 0 aliphatic carbocycles. The monoisotopic (exact) mass is 412 g/mol. The number of carbonyl (C=O) groups is 3. The fourth-order valence-electron chi connectivity index (χ4n) is 2.59. The van der Waals surface area contributed by atoms with Gasteiger partial charge in [-0.25, -0.2) is 9.59 Å². The van der Waals surface area contributed by atoms with Crippen LogP contribution in [0.15, 0.2) is 48.5 Å². The number of fused-ring (bicyclic) bond motifs is 1. The molecule has 0 spiro atoms. The lowest BCUT2D eigenvalue weighted by atomic mass is 10.1. The maximum absolute atomic E-state index is 12.6. The van der Waals surface area contributed by atoms with Crippen LogP contribution in [0.4, 0.5) is 16.2 Å². The molecule has 150 valence electrons. The van der Waals surface area contributed by atoms with Crippen molar-refractivity contribution >= 4 is 50.8 Å². The van der Waals surface area contributed by atoms with Gasteiger partial charge in [-0.2, -0.15) is 0 Å². The van der Waals surface area contributed by atoms with Crippen LogP contribution in [0.25, 0.3) is 10.1 Å². The molecule has 0 saturated carbocycles. The highest BCUT2D eigenvalue weighted by molar-refractivity contribution is 7.20. The number of rotatable bonds is 4. The van der Waals surface area contributed by atoms with E-state index in [1.54, 1.807) is 69.3 Å². The van der Waals surface area contributed by atoms with E-state index in [2.05, 4.69) is 10.6 Å². The number of ether oxygens (including phenoxy) is 1. The molecule has 0 atom stereocenters. The minimum Gasteiger partial charge on any atom is -0.477 e. The fourth-order valence-corrected chi connectivity index (χ4v) is 3.47. The molecule has 3 aromatic rings. The number of hydrogen-bond acceptors (Lipinski definition) is 5. The van der Waals surface area contributed by atoms with Crippen LogP contribution in [0.1, 0.15) is 40.8 Å². The van der Waals surface area contributed by atoms with Crippen LogP contribution in [0, 0.1) is 0 Å². The predicted octanol–water partition coefficient (Wildman–Crippen LogP) is 5.20. The lowest BCUT2D eigenvalue weighted by Crippen LogP contribution is -2.27. The summed E-state index contributed by atoms with van der Waals surface area (Å²) in [6.45, 7) is 5.29. The van der Waals surface area contributed by atoms with E-state index in [4.69, 9.17) is 9.84 Å². The Balaban J connectivity index is 1.73. The first-order chi connectivity index (χ1) is 13.6. The molecule has 0 aliphatic heterocycles. The zero-order valence-electron chi connectivity index (χ0n) is 16.1. The van der Waals surface area contributed by atoms with Crippen molar-refractivity contribution in [2.75, 3.05) is 10.6 Å². The van der Waals surface area contributed by atoms with Crippen LogP contribution in [0.2, 0.25) is 0 Å². The van der Waals surface area contributed by atoms with E-state index in [1.807, 2.05) is 0 Å². The number of amides is 2. The summed E-state index contributed by atoms with van der Waals surface area (Å²) in [5.41, 5.74) is 0.712. The number of benzene rings is 2. The molecule has 0 bridgehead atoms. The molecule has 0 saturated heterocycles. The zero-order valence-corrected chi connectivity index (χ0v) is 16.9. The van der Waals surface area contributed by atoms with Gasteiger partial charge in [0, 0.05) is 21.6 Å². The molecule has 3 N–H and O–H groups in total. The first-order valence-corrected chi connectivity index (χ1v) is 9.61. The standard InChI is InChI=1S/C21H20N2O5S/c1-21(2,3)28-20(27)23-14-6-4-5-12(9-14)18(24)22-15-7-8-16-13(10-15)11-17(29-16)19(25)26/h4-11H,1-3H3,(H,22,24)(H,23,27)(H,25,26). The smallest absolute Gasteiger partial charge is 0.412 e. The Morgan fingerprint density at radius 1 is 0.966 bits per heavy atom. The number of aromatic carboxylic acids is 1. The summed E-state index contributed by atoms with van der Waals surface area (Å²) >= 11 is 1.18. The topological polar surface area (TPSA) is 105 Å². The minimum atomic E-state index is -0.980. The van der Waals surface area contributed by atoms with E-state index >= 15 is 0 Å². The lowest BCUT2D eigenvalue weighted by Gasteiger charge is -2.19. The maximum Gasteiger partial charge on any atom is 0.412 e. The summed E-state index contributed by atoms with van der Waals surface area (Å²) < 4.78 is 6.03. The molecule has 0 unspecified atom stereocenters. The van der Waals surface area contributed by atoms with Gasteiger partial charge in [0.05, 0.1) is 0 Å². The molecular weight excluding hydrogens is 392 g/mol. The van der Waals surface area contributed by atoms with Crippen LogP contribution >= 0.6 is 11.3 Å². The number of anilines is 2. The van der Waals surface area contributed by atoms with Gasteiger partial charge in [-0.3, -0.25) is 10.1 Å². The van der Waals surface area contributed by atoms with Crippen LogP contribution in [0.5, 0.6) is 0 Å². The highest BCUT2D eigenvalue weighted by Gasteiger charge is 2.17. The summed E-state index contributed by atoms with van der Waals surface area (Å²) in [6.07, 6.45) is -0.604. The van der Waals surface area contributed by atoms with Crippen LogP contribution in [-0.2, 0) is 4.74 Å². The molecule has 0 radical (unpaired) electrons. The van der Waals surface area contributed by atoms with Crippen molar-refractivity contribution < 1.29 is 24.2 Å². The van der Waals surface area contributed by atoms with Gasteiger partial charge >= 0.3 is 12.1 Å². The minimum absolute atomic E-state index is 0.240. The molecule has 0 aliphatic rings. The van der Waals surface area contributed by atoms with Crippen LogP contribution < -0.4 is 10.6 Å². The van der Waals surface area contributed by atoms with E-state index in [0.29, 0.717) is 16.9 Å². The van der Waals surface area contributed by atoms with Crippen molar-refractivity contribution in [2.45, 2.75) is 26.4 Å². The van der Waals surface area contributed by atoms with E-state index in [1.165, 1.54) is 11.3 Å². The van der Waals surface area contributed by atoms with E-state index in [-0.39, 0.29) is 10.8 Å². The Hall–Kier alpha value is -3.39. The summed E-state index contributed by atoms with van der Waals surface area (Å²) in [7, 11) is 0. The average Bonchev–Trinajstić information content (AvgIpc) is 3.04. The van der Waals surface area contributed by atoms with Gasteiger partial charge in [0.1, 0.15) is 10.5 Å². The number of carboxylic acid groups (broad SMARTS) is 1. The molecule has 0 fully saturated rings. The number of hydrogen-bond donors (Lipinski definition) is 3. The van der Waals surface area contributed by atoms with Crippen LogP contribution in [-0.4, -0.2) is 28.7 Å². The Labute approximate surface area is 171 Å². The number of carboxylic acids is 1. The number of nitrogens with one attached hydrogen (secondary N) is 2. The molecule has 8 heteroatoms. The maximum atomic E-state index is 12.6.